The number of aromatic nitrogens is 2. The van der Waals surface area contributed by atoms with Crippen molar-refractivity contribution in [2.75, 3.05) is 6.54 Å². The summed E-state index contributed by atoms with van der Waals surface area (Å²) in [6.07, 6.45) is 3.28. The summed E-state index contributed by atoms with van der Waals surface area (Å²) in [5.41, 5.74) is 0. The maximum Gasteiger partial charge on any atom is 0.150 e. The molecule has 18 heavy (non-hydrogen) atoms. The minimum atomic E-state index is -0.402. The Kier molecular flexibility index (Phi) is 4.52. The van der Waals surface area contributed by atoms with Crippen LogP contribution in [0.2, 0.25) is 0 Å². The Hall–Kier alpha value is -1.17. The van der Waals surface area contributed by atoms with Gasteiger partial charge in [0.05, 0.1) is 17.5 Å². The SMILES string of the molecule is CC(C)NCC(O)Cn1ccnc1-c1cccs1. The number of thiophene rings is 1. The summed E-state index contributed by atoms with van der Waals surface area (Å²) in [7, 11) is 0. The van der Waals surface area contributed by atoms with Crippen LogP contribution in [0.4, 0.5) is 0 Å². The average Bonchev–Trinajstić information content (AvgIpc) is 2.95. The lowest BCUT2D eigenvalue weighted by Gasteiger charge is -2.15. The standard InChI is InChI=1S/C13H19N3OS/c1-10(2)15-8-11(17)9-16-6-5-14-13(16)12-4-3-7-18-12/h3-7,10-11,15,17H,8-9H2,1-2H3. The highest BCUT2D eigenvalue weighted by molar-refractivity contribution is 7.13. The van der Waals surface area contributed by atoms with Crippen molar-refractivity contribution in [1.82, 2.24) is 14.9 Å². The van der Waals surface area contributed by atoms with Gasteiger partial charge in [-0.3, -0.25) is 0 Å². The molecule has 0 amide bonds. The molecule has 0 fully saturated rings. The molecule has 0 aliphatic carbocycles. The first kappa shape index (κ1) is 13.3. The summed E-state index contributed by atoms with van der Waals surface area (Å²) in [6, 6.07) is 4.44. The van der Waals surface area contributed by atoms with Crippen LogP contribution in [-0.2, 0) is 6.54 Å². The maximum absolute atomic E-state index is 9.98. The highest BCUT2D eigenvalue weighted by atomic mass is 32.1. The van der Waals surface area contributed by atoms with E-state index in [1.54, 1.807) is 17.5 Å². The van der Waals surface area contributed by atoms with Crippen molar-refractivity contribution in [3.05, 3.63) is 29.9 Å². The third-order valence-corrected chi connectivity index (χ3v) is 3.49. The summed E-state index contributed by atoms with van der Waals surface area (Å²) < 4.78 is 2.00. The molecule has 0 radical (unpaired) electrons. The molecule has 0 bridgehead atoms. The predicted molar refractivity (Wildman–Crippen MR) is 74.7 cm³/mol. The molecule has 1 unspecified atom stereocenters. The van der Waals surface area contributed by atoms with Crippen LogP contribution in [0.1, 0.15) is 13.8 Å². The lowest BCUT2D eigenvalue weighted by atomic mass is 10.3. The van der Waals surface area contributed by atoms with Crippen LogP contribution in [-0.4, -0.2) is 33.3 Å². The molecule has 0 aliphatic rings. The van der Waals surface area contributed by atoms with Crippen LogP contribution in [0.3, 0.4) is 0 Å². The average molecular weight is 265 g/mol. The molecule has 0 spiro atoms. The molecule has 2 aromatic rings. The van der Waals surface area contributed by atoms with Crippen molar-refractivity contribution in [1.29, 1.82) is 0 Å². The topological polar surface area (TPSA) is 50.1 Å². The first-order valence-electron chi connectivity index (χ1n) is 6.13. The lowest BCUT2D eigenvalue weighted by Crippen LogP contribution is -2.34. The van der Waals surface area contributed by atoms with E-state index in [1.807, 2.05) is 28.3 Å². The first-order valence-corrected chi connectivity index (χ1v) is 7.01. The largest absolute Gasteiger partial charge is 0.390 e. The molecular weight excluding hydrogens is 246 g/mol. The van der Waals surface area contributed by atoms with E-state index >= 15 is 0 Å². The fraction of sp³-hybridized carbons (Fsp3) is 0.462. The number of aliphatic hydroxyl groups excluding tert-OH is 1. The molecule has 98 valence electrons. The maximum atomic E-state index is 9.98. The Morgan fingerprint density at radius 3 is 3.00 bits per heavy atom. The second-order valence-electron chi connectivity index (χ2n) is 4.60. The molecule has 0 saturated carbocycles. The van der Waals surface area contributed by atoms with E-state index in [4.69, 9.17) is 0 Å². The van der Waals surface area contributed by atoms with E-state index in [0.717, 1.165) is 10.7 Å². The normalized spacial score (nSPS) is 13.1. The number of imidazole rings is 1. The molecule has 4 nitrogen and oxygen atoms in total. The predicted octanol–water partition coefficient (Wildman–Crippen LogP) is 1.97. The van der Waals surface area contributed by atoms with E-state index in [9.17, 15) is 5.11 Å². The smallest absolute Gasteiger partial charge is 0.150 e. The zero-order valence-electron chi connectivity index (χ0n) is 10.7. The monoisotopic (exact) mass is 265 g/mol. The number of aliphatic hydroxyl groups is 1. The van der Waals surface area contributed by atoms with Crippen molar-refractivity contribution in [2.24, 2.45) is 0 Å². The molecule has 2 rings (SSSR count). The summed E-state index contributed by atoms with van der Waals surface area (Å²) in [4.78, 5) is 5.48. The van der Waals surface area contributed by atoms with Crippen molar-refractivity contribution >= 4 is 11.3 Å². The van der Waals surface area contributed by atoms with Gasteiger partial charge >= 0.3 is 0 Å². The van der Waals surface area contributed by atoms with Gasteiger partial charge in [-0.1, -0.05) is 19.9 Å². The van der Waals surface area contributed by atoms with Gasteiger partial charge in [-0.05, 0) is 11.4 Å². The molecule has 2 N–H and O–H groups in total. The van der Waals surface area contributed by atoms with Crippen LogP contribution in [0.5, 0.6) is 0 Å². The van der Waals surface area contributed by atoms with Crippen LogP contribution in [0.25, 0.3) is 10.7 Å². The van der Waals surface area contributed by atoms with Gasteiger partial charge in [0.2, 0.25) is 0 Å². The molecule has 0 aromatic carbocycles. The van der Waals surface area contributed by atoms with Gasteiger partial charge in [-0.2, -0.15) is 0 Å². The Bertz CT molecular complexity index is 464. The van der Waals surface area contributed by atoms with Crippen LogP contribution < -0.4 is 5.32 Å². The van der Waals surface area contributed by atoms with Gasteiger partial charge in [0.15, 0.2) is 0 Å². The van der Waals surface area contributed by atoms with Crippen LogP contribution >= 0.6 is 11.3 Å². The third-order valence-electron chi connectivity index (χ3n) is 2.63. The van der Waals surface area contributed by atoms with Gasteiger partial charge in [0.1, 0.15) is 5.82 Å². The first-order chi connectivity index (χ1) is 8.66. The van der Waals surface area contributed by atoms with Gasteiger partial charge in [0.25, 0.3) is 0 Å². The summed E-state index contributed by atoms with van der Waals surface area (Å²) in [6.45, 7) is 5.30. The summed E-state index contributed by atoms with van der Waals surface area (Å²) in [5.74, 6) is 0.925. The summed E-state index contributed by atoms with van der Waals surface area (Å²) >= 11 is 1.66. The van der Waals surface area contributed by atoms with E-state index in [-0.39, 0.29) is 0 Å². The quantitative estimate of drug-likeness (QED) is 0.839. The Balaban J connectivity index is 2.00. The lowest BCUT2D eigenvalue weighted by molar-refractivity contribution is 0.149. The van der Waals surface area contributed by atoms with E-state index < -0.39 is 6.10 Å². The van der Waals surface area contributed by atoms with Crippen LogP contribution in [0.15, 0.2) is 29.9 Å². The van der Waals surface area contributed by atoms with Crippen molar-refractivity contribution < 1.29 is 5.11 Å². The Labute approximate surface area is 111 Å². The zero-order valence-corrected chi connectivity index (χ0v) is 11.5. The van der Waals surface area contributed by atoms with E-state index in [0.29, 0.717) is 19.1 Å². The third kappa shape index (κ3) is 3.41. The van der Waals surface area contributed by atoms with Gasteiger partial charge in [-0.25, -0.2) is 4.98 Å². The fourth-order valence-corrected chi connectivity index (χ4v) is 2.49. The van der Waals surface area contributed by atoms with Crippen molar-refractivity contribution in [3.8, 4) is 10.7 Å². The number of hydrogen-bond donors (Lipinski definition) is 2. The molecule has 0 aliphatic heterocycles. The molecular formula is C13H19N3OS. The van der Waals surface area contributed by atoms with Gasteiger partial charge in [-0.15, -0.1) is 11.3 Å². The molecule has 0 saturated heterocycles. The highest BCUT2D eigenvalue weighted by Gasteiger charge is 2.11. The highest BCUT2D eigenvalue weighted by Crippen LogP contribution is 2.22. The van der Waals surface area contributed by atoms with Crippen molar-refractivity contribution in [3.63, 3.8) is 0 Å². The van der Waals surface area contributed by atoms with Crippen molar-refractivity contribution in [2.45, 2.75) is 32.5 Å². The molecule has 2 aromatic heterocycles. The number of nitrogens with one attached hydrogen (secondary N) is 1. The van der Waals surface area contributed by atoms with E-state index in [2.05, 4.69) is 24.1 Å². The number of rotatable bonds is 6. The molecule has 5 heteroatoms. The van der Waals surface area contributed by atoms with E-state index in [1.165, 1.54) is 0 Å². The number of nitrogens with zero attached hydrogens (tertiary/aromatic N) is 2. The molecule has 2 heterocycles. The van der Waals surface area contributed by atoms with Crippen LogP contribution in [0, 0.1) is 0 Å². The second kappa shape index (κ2) is 6.13. The van der Waals surface area contributed by atoms with Gasteiger partial charge < -0.3 is 15.0 Å². The minimum absolute atomic E-state index is 0.388. The number of hydrogen-bond acceptors (Lipinski definition) is 4. The Morgan fingerprint density at radius 1 is 1.50 bits per heavy atom. The molecule has 1 atom stereocenters. The van der Waals surface area contributed by atoms with Gasteiger partial charge in [0, 0.05) is 25.0 Å². The minimum Gasteiger partial charge on any atom is -0.390 e. The Morgan fingerprint density at radius 2 is 2.33 bits per heavy atom. The summed E-state index contributed by atoms with van der Waals surface area (Å²) in [5, 5.41) is 15.2. The fourth-order valence-electron chi connectivity index (χ4n) is 1.75. The second-order valence-corrected chi connectivity index (χ2v) is 5.54. The zero-order chi connectivity index (χ0) is 13.0.